The van der Waals surface area contributed by atoms with Gasteiger partial charge in [-0.2, -0.15) is 0 Å². The van der Waals surface area contributed by atoms with Gasteiger partial charge in [-0.15, -0.1) is 0 Å². The lowest BCUT2D eigenvalue weighted by molar-refractivity contribution is -0.115. The van der Waals surface area contributed by atoms with E-state index in [1.165, 1.54) is 6.07 Å². The van der Waals surface area contributed by atoms with Crippen LogP contribution in [0.3, 0.4) is 0 Å². The zero-order valence-corrected chi connectivity index (χ0v) is 15.3. The standard InChI is InChI=1S/C20H17ClFN3O2/c1-27-18-8-6-14(21)11-17(18)24-15-7-9-19(23-12-15)25-20(26)10-13-4-2-3-5-16(13)22/h2-9,11-12,24H,10H2,1H3,(H,23,25,26). The summed E-state index contributed by atoms with van der Waals surface area (Å²) in [5.74, 6) is 0.266. The van der Waals surface area contributed by atoms with Crippen LogP contribution in [0.15, 0.2) is 60.8 Å². The molecule has 7 heteroatoms. The van der Waals surface area contributed by atoms with Gasteiger partial charge in [0.2, 0.25) is 5.91 Å². The maximum absolute atomic E-state index is 13.6. The predicted octanol–water partition coefficient (Wildman–Crippen LogP) is 4.81. The lowest BCUT2D eigenvalue weighted by Crippen LogP contribution is -2.16. The normalized spacial score (nSPS) is 10.3. The Morgan fingerprint density at radius 2 is 2.00 bits per heavy atom. The number of amides is 1. The summed E-state index contributed by atoms with van der Waals surface area (Å²) in [7, 11) is 1.57. The largest absolute Gasteiger partial charge is 0.495 e. The molecule has 0 unspecified atom stereocenters. The van der Waals surface area contributed by atoms with Crippen LogP contribution in [0.5, 0.6) is 5.75 Å². The minimum absolute atomic E-state index is 0.0614. The van der Waals surface area contributed by atoms with Gasteiger partial charge < -0.3 is 15.4 Å². The molecule has 0 aliphatic carbocycles. The van der Waals surface area contributed by atoms with Gasteiger partial charge in [-0.25, -0.2) is 9.37 Å². The molecule has 0 aliphatic heterocycles. The zero-order valence-electron chi connectivity index (χ0n) is 14.5. The van der Waals surface area contributed by atoms with Gasteiger partial charge in [-0.3, -0.25) is 4.79 Å². The van der Waals surface area contributed by atoms with Crippen molar-refractivity contribution in [2.45, 2.75) is 6.42 Å². The molecule has 0 bridgehead atoms. The van der Waals surface area contributed by atoms with Crippen molar-refractivity contribution in [1.82, 2.24) is 4.98 Å². The van der Waals surface area contributed by atoms with E-state index in [2.05, 4.69) is 15.6 Å². The molecule has 1 aromatic heterocycles. The first-order chi connectivity index (χ1) is 13.0. The van der Waals surface area contributed by atoms with Crippen molar-refractivity contribution in [3.05, 3.63) is 77.2 Å². The molecule has 3 rings (SSSR count). The van der Waals surface area contributed by atoms with Crippen LogP contribution in [0, 0.1) is 5.82 Å². The van der Waals surface area contributed by atoms with Crippen LogP contribution in [-0.2, 0) is 11.2 Å². The second-order valence-corrected chi connectivity index (χ2v) is 6.15. The molecule has 0 saturated carbocycles. The van der Waals surface area contributed by atoms with Crippen molar-refractivity contribution in [2.75, 3.05) is 17.7 Å². The first-order valence-electron chi connectivity index (χ1n) is 8.15. The van der Waals surface area contributed by atoms with Crippen molar-refractivity contribution in [2.24, 2.45) is 0 Å². The maximum Gasteiger partial charge on any atom is 0.230 e. The molecule has 0 saturated heterocycles. The molecule has 3 aromatic rings. The fourth-order valence-electron chi connectivity index (χ4n) is 2.48. The van der Waals surface area contributed by atoms with Crippen LogP contribution in [0.1, 0.15) is 5.56 Å². The quantitative estimate of drug-likeness (QED) is 0.639. The van der Waals surface area contributed by atoms with Gasteiger partial charge in [0.1, 0.15) is 17.4 Å². The molecule has 0 spiro atoms. The van der Waals surface area contributed by atoms with Gasteiger partial charge in [0.05, 0.1) is 31.1 Å². The summed E-state index contributed by atoms with van der Waals surface area (Å²) < 4.78 is 18.9. The van der Waals surface area contributed by atoms with Crippen LogP contribution in [0.2, 0.25) is 5.02 Å². The van der Waals surface area contributed by atoms with E-state index in [1.54, 1.807) is 61.8 Å². The second-order valence-electron chi connectivity index (χ2n) is 5.72. The topological polar surface area (TPSA) is 63.2 Å². The second kappa shape index (κ2) is 8.51. The summed E-state index contributed by atoms with van der Waals surface area (Å²) in [6.07, 6.45) is 1.51. The Hall–Kier alpha value is -3.12. The number of aromatic nitrogens is 1. The van der Waals surface area contributed by atoms with Gasteiger partial charge in [0.25, 0.3) is 0 Å². The first kappa shape index (κ1) is 18.7. The molecule has 0 atom stereocenters. The molecule has 0 aliphatic rings. The van der Waals surface area contributed by atoms with E-state index in [1.807, 2.05) is 0 Å². The van der Waals surface area contributed by atoms with Crippen LogP contribution < -0.4 is 15.4 Å². The van der Waals surface area contributed by atoms with Crippen LogP contribution in [0.4, 0.5) is 21.6 Å². The Morgan fingerprint density at radius 1 is 1.19 bits per heavy atom. The molecule has 27 heavy (non-hydrogen) atoms. The van der Waals surface area contributed by atoms with Gasteiger partial charge in [0, 0.05) is 5.02 Å². The number of anilines is 3. The van der Waals surface area contributed by atoms with E-state index in [0.29, 0.717) is 33.5 Å². The fourth-order valence-corrected chi connectivity index (χ4v) is 2.65. The van der Waals surface area contributed by atoms with E-state index < -0.39 is 5.82 Å². The molecular formula is C20H17ClFN3O2. The number of halogens is 2. The van der Waals surface area contributed by atoms with Gasteiger partial charge in [0.15, 0.2) is 0 Å². The average Bonchev–Trinajstić information content (AvgIpc) is 2.65. The number of benzene rings is 2. The highest BCUT2D eigenvalue weighted by Crippen LogP contribution is 2.30. The minimum atomic E-state index is -0.407. The Balaban J connectivity index is 1.64. The fraction of sp³-hybridized carbons (Fsp3) is 0.100. The number of methoxy groups -OCH3 is 1. The highest BCUT2D eigenvalue weighted by atomic mass is 35.5. The molecule has 0 fully saturated rings. The number of nitrogens with zero attached hydrogens (tertiary/aromatic N) is 1. The Morgan fingerprint density at radius 3 is 2.70 bits per heavy atom. The highest BCUT2D eigenvalue weighted by Gasteiger charge is 2.09. The molecule has 5 nitrogen and oxygen atoms in total. The number of hydrogen-bond donors (Lipinski definition) is 2. The third-order valence-corrected chi connectivity index (χ3v) is 4.02. The molecule has 0 radical (unpaired) electrons. The zero-order chi connectivity index (χ0) is 19.2. The summed E-state index contributed by atoms with van der Waals surface area (Å²) in [6.45, 7) is 0. The maximum atomic E-state index is 13.6. The van der Waals surface area contributed by atoms with Crippen molar-refractivity contribution < 1.29 is 13.9 Å². The van der Waals surface area contributed by atoms with E-state index in [9.17, 15) is 9.18 Å². The summed E-state index contributed by atoms with van der Waals surface area (Å²) >= 11 is 6.01. The highest BCUT2D eigenvalue weighted by molar-refractivity contribution is 6.31. The lowest BCUT2D eigenvalue weighted by Gasteiger charge is -2.12. The van der Waals surface area contributed by atoms with E-state index in [-0.39, 0.29) is 12.3 Å². The third-order valence-electron chi connectivity index (χ3n) is 3.78. The number of ether oxygens (including phenoxy) is 1. The molecular weight excluding hydrogens is 369 g/mol. The van der Waals surface area contributed by atoms with Gasteiger partial charge in [-0.05, 0) is 42.0 Å². The number of rotatable bonds is 6. The molecule has 2 N–H and O–H groups in total. The van der Waals surface area contributed by atoms with Crippen molar-refractivity contribution in [1.29, 1.82) is 0 Å². The van der Waals surface area contributed by atoms with Gasteiger partial charge >= 0.3 is 0 Å². The minimum Gasteiger partial charge on any atom is -0.495 e. The lowest BCUT2D eigenvalue weighted by atomic mass is 10.1. The summed E-state index contributed by atoms with van der Waals surface area (Å²) in [6, 6.07) is 14.8. The predicted molar refractivity (Wildman–Crippen MR) is 104 cm³/mol. The number of pyridine rings is 1. The van der Waals surface area contributed by atoms with E-state index in [4.69, 9.17) is 16.3 Å². The molecule has 1 amide bonds. The monoisotopic (exact) mass is 385 g/mol. The van der Waals surface area contributed by atoms with Crippen molar-refractivity contribution in [3.8, 4) is 5.75 Å². The SMILES string of the molecule is COc1ccc(Cl)cc1Nc1ccc(NC(=O)Cc2ccccc2F)nc1. The number of nitrogens with one attached hydrogen (secondary N) is 2. The number of carbonyl (C=O) groups excluding carboxylic acids is 1. The average molecular weight is 386 g/mol. The van der Waals surface area contributed by atoms with Gasteiger partial charge in [-0.1, -0.05) is 29.8 Å². The van der Waals surface area contributed by atoms with Crippen LogP contribution in [0.25, 0.3) is 0 Å². The smallest absolute Gasteiger partial charge is 0.230 e. The molecule has 1 heterocycles. The summed E-state index contributed by atoms with van der Waals surface area (Å²) in [5.41, 5.74) is 1.73. The molecule has 2 aromatic carbocycles. The van der Waals surface area contributed by atoms with Crippen molar-refractivity contribution in [3.63, 3.8) is 0 Å². The summed E-state index contributed by atoms with van der Waals surface area (Å²) in [4.78, 5) is 16.3. The third kappa shape index (κ3) is 4.95. The van der Waals surface area contributed by atoms with E-state index in [0.717, 1.165) is 0 Å². The Kier molecular flexibility index (Phi) is 5.88. The number of carbonyl (C=O) groups is 1. The Bertz CT molecular complexity index is 948. The van der Waals surface area contributed by atoms with Crippen LogP contribution in [-0.4, -0.2) is 18.0 Å². The Labute approximate surface area is 161 Å². The molecule has 138 valence electrons. The number of hydrogen-bond acceptors (Lipinski definition) is 4. The van der Waals surface area contributed by atoms with Crippen molar-refractivity contribution >= 4 is 34.7 Å². The van der Waals surface area contributed by atoms with Crippen LogP contribution >= 0.6 is 11.6 Å². The summed E-state index contributed by atoms with van der Waals surface area (Å²) in [5, 5.41) is 6.38. The van der Waals surface area contributed by atoms with E-state index >= 15 is 0 Å². The first-order valence-corrected chi connectivity index (χ1v) is 8.53.